The molecule has 0 unspecified atom stereocenters. The third-order valence-electron chi connectivity index (χ3n) is 2.58. The average Bonchev–Trinajstić information content (AvgIpc) is 2.47. The second-order valence-electron chi connectivity index (χ2n) is 4.34. The highest BCUT2D eigenvalue weighted by Crippen LogP contribution is 2.29. The first-order chi connectivity index (χ1) is 10.8. The highest BCUT2D eigenvalue weighted by molar-refractivity contribution is 6.30. The third kappa shape index (κ3) is 5.67. The van der Waals surface area contributed by atoms with Gasteiger partial charge in [0.05, 0.1) is 22.9 Å². The Morgan fingerprint density at radius 2 is 2.00 bits per heavy atom. The van der Waals surface area contributed by atoms with Crippen molar-refractivity contribution >= 4 is 23.2 Å². The first-order valence-corrected chi connectivity index (χ1v) is 6.73. The van der Waals surface area contributed by atoms with Gasteiger partial charge in [0.25, 0.3) is 0 Å². The number of benzene rings is 1. The summed E-state index contributed by atoms with van der Waals surface area (Å²) in [7, 11) is 0. The van der Waals surface area contributed by atoms with Crippen LogP contribution in [0, 0.1) is 0 Å². The maximum absolute atomic E-state index is 12.3. The predicted octanol–water partition coefficient (Wildman–Crippen LogP) is 3.56. The van der Waals surface area contributed by atoms with Crippen molar-refractivity contribution in [3.8, 4) is 5.75 Å². The molecule has 9 heteroatoms. The highest BCUT2D eigenvalue weighted by atomic mass is 35.5. The van der Waals surface area contributed by atoms with Crippen LogP contribution >= 0.6 is 11.6 Å². The molecular weight excluding hydrogens is 333 g/mol. The maximum atomic E-state index is 12.3. The molecule has 23 heavy (non-hydrogen) atoms. The summed E-state index contributed by atoms with van der Waals surface area (Å²) in [6.45, 7) is 0.151. The molecule has 0 fully saturated rings. The van der Waals surface area contributed by atoms with E-state index in [-0.39, 0.29) is 18.2 Å². The monoisotopic (exact) mass is 344 g/mol. The van der Waals surface area contributed by atoms with Gasteiger partial charge in [-0.1, -0.05) is 23.7 Å². The standard InChI is InChI=1S/C14H12ClF3N4O/c15-9-5-6-10(20-7-9)8-21-13(19)22-11-3-1-2-4-12(11)23-14(16,17)18/h1-7H,8H2,(H3,19,21,22). The topological polar surface area (TPSA) is 72.5 Å². The third-order valence-corrected chi connectivity index (χ3v) is 2.80. The number of guanidine groups is 1. The number of hydrogen-bond acceptors (Lipinski definition) is 3. The fourth-order valence-corrected chi connectivity index (χ4v) is 1.74. The van der Waals surface area contributed by atoms with Gasteiger partial charge in [0, 0.05) is 6.20 Å². The minimum absolute atomic E-state index is 0.0511. The Morgan fingerprint density at radius 3 is 2.65 bits per heavy atom. The average molecular weight is 345 g/mol. The highest BCUT2D eigenvalue weighted by Gasteiger charge is 2.32. The molecule has 122 valence electrons. The van der Waals surface area contributed by atoms with Crippen LogP contribution in [0.3, 0.4) is 0 Å². The van der Waals surface area contributed by atoms with Gasteiger partial charge in [-0.05, 0) is 24.3 Å². The predicted molar refractivity (Wildman–Crippen MR) is 81.3 cm³/mol. The zero-order valence-electron chi connectivity index (χ0n) is 11.6. The Kier molecular flexibility index (Phi) is 5.28. The lowest BCUT2D eigenvalue weighted by molar-refractivity contribution is -0.274. The van der Waals surface area contributed by atoms with Crippen LogP contribution in [0.1, 0.15) is 5.69 Å². The fourth-order valence-electron chi connectivity index (χ4n) is 1.63. The van der Waals surface area contributed by atoms with Crippen LogP contribution in [0.5, 0.6) is 5.75 Å². The number of aliphatic imine (C=N–C) groups is 1. The Morgan fingerprint density at radius 1 is 1.26 bits per heavy atom. The number of nitrogens with one attached hydrogen (secondary N) is 1. The second-order valence-corrected chi connectivity index (χ2v) is 4.77. The van der Waals surface area contributed by atoms with E-state index in [0.29, 0.717) is 10.7 Å². The fraction of sp³-hybridized carbons (Fsp3) is 0.143. The zero-order valence-corrected chi connectivity index (χ0v) is 12.4. The van der Waals surface area contributed by atoms with Crippen molar-refractivity contribution in [3.05, 3.63) is 53.3 Å². The number of nitrogens with two attached hydrogens (primary N) is 1. The SMILES string of the molecule is NC(=NCc1ccc(Cl)cn1)Nc1ccccc1OC(F)(F)F. The van der Waals surface area contributed by atoms with Gasteiger partial charge in [0.15, 0.2) is 11.7 Å². The molecule has 1 aromatic carbocycles. The molecule has 0 aliphatic rings. The lowest BCUT2D eigenvalue weighted by Crippen LogP contribution is -2.24. The molecule has 0 saturated carbocycles. The number of rotatable bonds is 4. The quantitative estimate of drug-likeness (QED) is 0.657. The van der Waals surface area contributed by atoms with Crippen LogP contribution in [0.25, 0.3) is 0 Å². The molecular formula is C14H12ClF3N4O. The molecule has 1 aromatic heterocycles. The molecule has 0 bridgehead atoms. The van der Waals surface area contributed by atoms with Crippen molar-refractivity contribution in [2.45, 2.75) is 12.9 Å². The summed E-state index contributed by atoms with van der Waals surface area (Å²) in [4.78, 5) is 8.03. The summed E-state index contributed by atoms with van der Waals surface area (Å²) in [6, 6.07) is 8.83. The number of aromatic nitrogens is 1. The van der Waals surface area contributed by atoms with Gasteiger partial charge >= 0.3 is 6.36 Å². The van der Waals surface area contributed by atoms with Crippen LogP contribution in [-0.4, -0.2) is 17.3 Å². The van der Waals surface area contributed by atoms with Crippen LogP contribution in [-0.2, 0) is 6.54 Å². The molecule has 0 aliphatic heterocycles. The van der Waals surface area contributed by atoms with Gasteiger partial charge in [-0.15, -0.1) is 13.2 Å². The molecule has 3 N–H and O–H groups in total. The molecule has 0 radical (unpaired) electrons. The summed E-state index contributed by atoms with van der Waals surface area (Å²) < 4.78 is 40.9. The smallest absolute Gasteiger partial charge is 0.404 e. The van der Waals surface area contributed by atoms with E-state index in [2.05, 4.69) is 20.0 Å². The first-order valence-electron chi connectivity index (χ1n) is 6.35. The van der Waals surface area contributed by atoms with Gasteiger partial charge < -0.3 is 15.8 Å². The van der Waals surface area contributed by atoms with E-state index in [1.807, 2.05) is 0 Å². The summed E-state index contributed by atoms with van der Waals surface area (Å²) in [6.07, 6.45) is -3.33. The van der Waals surface area contributed by atoms with Crippen LogP contribution in [0.4, 0.5) is 18.9 Å². The van der Waals surface area contributed by atoms with Crippen molar-refractivity contribution < 1.29 is 17.9 Å². The number of hydrogen-bond donors (Lipinski definition) is 2. The Bertz CT molecular complexity index is 689. The van der Waals surface area contributed by atoms with Crippen molar-refractivity contribution in [1.82, 2.24) is 4.98 Å². The minimum Gasteiger partial charge on any atom is -0.404 e. The van der Waals surface area contributed by atoms with Gasteiger partial charge in [-0.2, -0.15) is 0 Å². The number of ether oxygens (including phenoxy) is 1. The molecule has 0 amide bonds. The summed E-state index contributed by atoms with van der Waals surface area (Å²) in [5.74, 6) is -0.470. The van der Waals surface area contributed by atoms with Crippen LogP contribution < -0.4 is 15.8 Å². The molecule has 0 saturated heterocycles. The lowest BCUT2D eigenvalue weighted by atomic mass is 10.3. The van der Waals surface area contributed by atoms with Gasteiger partial charge in [-0.25, -0.2) is 4.99 Å². The summed E-state index contributed by atoms with van der Waals surface area (Å²) >= 11 is 5.71. The van der Waals surface area contributed by atoms with Crippen LogP contribution in [0.2, 0.25) is 5.02 Å². The first kappa shape index (κ1) is 16.9. The van der Waals surface area contributed by atoms with Gasteiger partial charge in [0.2, 0.25) is 0 Å². The van der Waals surface area contributed by atoms with Crippen molar-refractivity contribution in [2.24, 2.45) is 10.7 Å². The molecule has 0 atom stereocenters. The zero-order chi connectivity index (χ0) is 16.9. The van der Waals surface area contributed by atoms with Gasteiger partial charge in [-0.3, -0.25) is 4.98 Å². The molecule has 1 heterocycles. The van der Waals surface area contributed by atoms with E-state index in [0.717, 1.165) is 0 Å². The Hall–Kier alpha value is -2.48. The largest absolute Gasteiger partial charge is 0.573 e. The summed E-state index contributed by atoms with van der Waals surface area (Å²) in [5.41, 5.74) is 6.33. The summed E-state index contributed by atoms with van der Waals surface area (Å²) in [5, 5.41) is 3.05. The van der Waals surface area contributed by atoms with Crippen molar-refractivity contribution in [1.29, 1.82) is 0 Å². The maximum Gasteiger partial charge on any atom is 0.573 e. The Balaban J connectivity index is 2.06. The number of pyridine rings is 1. The van der Waals surface area contributed by atoms with E-state index >= 15 is 0 Å². The van der Waals surface area contributed by atoms with E-state index in [1.54, 1.807) is 18.2 Å². The van der Waals surface area contributed by atoms with E-state index in [9.17, 15) is 13.2 Å². The number of anilines is 1. The molecule has 2 rings (SSSR count). The van der Waals surface area contributed by atoms with E-state index in [1.165, 1.54) is 24.4 Å². The minimum atomic E-state index is -4.79. The van der Waals surface area contributed by atoms with Crippen molar-refractivity contribution in [3.63, 3.8) is 0 Å². The van der Waals surface area contributed by atoms with Crippen molar-refractivity contribution in [2.75, 3.05) is 5.32 Å². The second kappa shape index (κ2) is 7.19. The van der Waals surface area contributed by atoms with Crippen LogP contribution in [0.15, 0.2) is 47.6 Å². The van der Waals surface area contributed by atoms with Gasteiger partial charge in [0.1, 0.15) is 0 Å². The molecule has 2 aromatic rings. The molecule has 5 nitrogen and oxygen atoms in total. The van der Waals surface area contributed by atoms with E-state index in [4.69, 9.17) is 17.3 Å². The van der Waals surface area contributed by atoms with E-state index < -0.39 is 12.1 Å². The lowest BCUT2D eigenvalue weighted by Gasteiger charge is -2.14. The molecule has 0 aliphatic carbocycles. The molecule has 0 spiro atoms. The number of halogens is 4. The number of para-hydroxylation sites is 2. The number of nitrogens with zero attached hydrogens (tertiary/aromatic N) is 2. The number of alkyl halides is 3. The Labute approximate surface area is 135 Å². The normalized spacial score (nSPS) is 12.1.